The Hall–Kier alpha value is -3.16. The van der Waals surface area contributed by atoms with Crippen LogP contribution in [0, 0.1) is 5.82 Å². The van der Waals surface area contributed by atoms with Crippen LogP contribution in [0.5, 0.6) is 17.2 Å². The number of methoxy groups -OCH3 is 1. The molecule has 1 aliphatic rings. The fourth-order valence-electron chi connectivity index (χ4n) is 3.42. The van der Waals surface area contributed by atoms with Crippen molar-refractivity contribution in [2.75, 3.05) is 33.1 Å². The smallest absolute Gasteiger partial charge is 0.218 e. The lowest BCUT2D eigenvalue weighted by molar-refractivity contribution is -0.117. The summed E-state index contributed by atoms with van der Waals surface area (Å²) in [4.78, 5) is 22.7. The highest BCUT2D eigenvalue weighted by Crippen LogP contribution is 2.39. The van der Waals surface area contributed by atoms with Crippen molar-refractivity contribution < 1.29 is 31.8 Å². The molecule has 10 nitrogen and oxygen atoms in total. The number of primary amides is 1. The minimum absolute atomic E-state index is 0.0515. The van der Waals surface area contributed by atoms with Gasteiger partial charge in [0.25, 0.3) is 0 Å². The molecular weight excluding hydrogens is 499 g/mol. The van der Waals surface area contributed by atoms with Crippen LogP contribution in [0.1, 0.15) is 12.1 Å². The van der Waals surface area contributed by atoms with Gasteiger partial charge >= 0.3 is 0 Å². The van der Waals surface area contributed by atoms with Crippen LogP contribution in [0.2, 0.25) is 0 Å². The molecule has 3 aromatic rings. The zero-order valence-corrected chi connectivity index (χ0v) is 20.5. The lowest BCUT2D eigenvalue weighted by atomic mass is 10.2. The van der Waals surface area contributed by atoms with Crippen molar-refractivity contribution in [3.05, 3.63) is 42.0 Å². The van der Waals surface area contributed by atoms with Gasteiger partial charge in [0, 0.05) is 30.4 Å². The number of nitrogens with one attached hydrogen (secondary N) is 1. The van der Waals surface area contributed by atoms with Crippen LogP contribution >= 0.6 is 11.8 Å². The number of thioether (sulfide) groups is 1. The van der Waals surface area contributed by atoms with E-state index in [4.69, 9.17) is 19.9 Å². The first-order valence-electron chi connectivity index (χ1n) is 10.5. The second-order valence-corrected chi connectivity index (χ2v) is 11.0. The quantitative estimate of drug-likeness (QED) is 0.387. The number of fused-ring (bicyclic) bond motifs is 1. The van der Waals surface area contributed by atoms with Gasteiger partial charge in [-0.2, -0.15) is 4.39 Å². The molecule has 0 bridgehead atoms. The second kappa shape index (κ2) is 10.2. The molecular formula is C22H23FN4O6S2. The van der Waals surface area contributed by atoms with E-state index >= 15 is 4.39 Å². The Morgan fingerprint density at radius 3 is 2.77 bits per heavy atom. The minimum Gasteiger partial charge on any atom is -0.486 e. The predicted octanol–water partition coefficient (Wildman–Crippen LogP) is 2.66. The summed E-state index contributed by atoms with van der Waals surface area (Å²) < 4.78 is 55.1. The van der Waals surface area contributed by atoms with Crippen molar-refractivity contribution in [1.29, 1.82) is 0 Å². The van der Waals surface area contributed by atoms with E-state index in [1.165, 1.54) is 43.3 Å². The molecule has 1 unspecified atom stereocenters. The van der Waals surface area contributed by atoms with Gasteiger partial charge in [-0.05, 0) is 24.3 Å². The summed E-state index contributed by atoms with van der Waals surface area (Å²) in [5, 5.41) is 1.11. The SMILES string of the molecule is COCCOc1c(F)c(Oc2ccc(S(C)(=O)=O)nc2)cc2cc(C3=NCC(CC(N)=O)S3)[nH]c12. The van der Waals surface area contributed by atoms with Crippen LogP contribution in [0.3, 0.4) is 0 Å². The number of hydrogen-bond acceptors (Lipinski definition) is 9. The molecule has 0 saturated carbocycles. The number of aliphatic imine (C=N–C) groups is 1. The Kier molecular flexibility index (Phi) is 7.28. The molecule has 1 atom stereocenters. The molecule has 1 aromatic carbocycles. The number of H-pyrrole nitrogens is 1. The second-order valence-electron chi connectivity index (χ2n) is 7.77. The summed E-state index contributed by atoms with van der Waals surface area (Å²) in [6, 6.07) is 5.96. The molecule has 1 amide bonds. The van der Waals surface area contributed by atoms with Crippen molar-refractivity contribution in [2.24, 2.45) is 10.7 Å². The third-order valence-electron chi connectivity index (χ3n) is 5.00. The number of ether oxygens (including phenoxy) is 3. The van der Waals surface area contributed by atoms with Crippen LogP contribution in [-0.2, 0) is 19.4 Å². The van der Waals surface area contributed by atoms with Gasteiger partial charge in [-0.1, -0.05) is 11.8 Å². The summed E-state index contributed by atoms with van der Waals surface area (Å²) in [7, 11) is -1.97. The van der Waals surface area contributed by atoms with E-state index in [9.17, 15) is 13.2 Å². The molecule has 1 aliphatic heterocycles. The number of nitrogens with zero attached hydrogens (tertiary/aromatic N) is 2. The Labute approximate surface area is 205 Å². The molecule has 13 heteroatoms. The van der Waals surface area contributed by atoms with E-state index in [-0.39, 0.29) is 47.2 Å². The van der Waals surface area contributed by atoms with E-state index < -0.39 is 21.6 Å². The topological polar surface area (TPSA) is 146 Å². The highest BCUT2D eigenvalue weighted by Gasteiger charge is 2.25. The summed E-state index contributed by atoms with van der Waals surface area (Å²) in [6.07, 6.45) is 2.46. The van der Waals surface area contributed by atoms with Crippen LogP contribution in [0.15, 0.2) is 40.5 Å². The average Bonchev–Trinajstić information content (AvgIpc) is 3.42. The maximum Gasteiger partial charge on any atom is 0.218 e. The molecule has 0 fully saturated rings. The van der Waals surface area contributed by atoms with E-state index in [0.717, 1.165) is 6.26 Å². The Bertz CT molecular complexity index is 1390. The number of carbonyl (C=O) groups is 1. The van der Waals surface area contributed by atoms with Crippen molar-refractivity contribution in [1.82, 2.24) is 9.97 Å². The number of carbonyl (C=O) groups excluding carboxylic acids is 1. The summed E-state index contributed by atoms with van der Waals surface area (Å²) in [6.45, 7) is 0.795. The molecule has 0 spiro atoms. The van der Waals surface area contributed by atoms with Gasteiger partial charge in [0.05, 0.1) is 30.6 Å². The van der Waals surface area contributed by atoms with Crippen LogP contribution in [0.25, 0.3) is 10.9 Å². The maximum atomic E-state index is 15.5. The average molecular weight is 523 g/mol. The largest absolute Gasteiger partial charge is 0.486 e. The van der Waals surface area contributed by atoms with E-state index in [1.54, 1.807) is 6.07 Å². The fraction of sp³-hybridized carbons (Fsp3) is 0.318. The summed E-state index contributed by atoms with van der Waals surface area (Å²) in [5.74, 6) is -1.18. The number of amides is 1. The molecule has 4 rings (SSSR count). The Morgan fingerprint density at radius 2 is 2.11 bits per heavy atom. The number of sulfone groups is 1. The van der Waals surface area contributed by atoms with Gasteiger partial charge in [0.2, 0.25) is 11.7 Å². The Morgan fingerprint density at radius 1 is 1.31 bits per heavy atom. The number of rotatable bonds is 10. The molecule has 0 radical (unpaired) electrons. The first-order chi connectivity index (χ1) is 16.7. The number of halogens is 1. The van der Waals surface area contributed by atoms with Crippen molar-refractivity contribution in [3.63, 3.8) is 0 Å². The molecule has 3 N–H and O–H groups in total. The number of hydrogen-bond donors (Lipinski definition) is 2. The number of benzene rings is 1. The standard InChI is InChI=1S/C22H23FN4O6S2/c1-31-5-6-32-21-19(23)16(33-13-3-4-18(25-10-13)35(2,29)30)8-12-7-15(27-20(12)21)22-26-11-14(34-22)9-17(24)28/h3-4,7-8,10,14,27H,5-6,9,11H2,1-2H3,(H2,24,28). The lowest BCUT2D eigenvalue weighted by Crippen LogP contribution is -2.18. The van der Waals surface area contributed by atoms with Crippen LogP contribution in [-0.4, -0.2) is 67.7 Å². The third kappa shape index (κ3) is 5.74. The minimum atomic E-state index is -3.48. The molecule has 0 aliphatic carbocycles. The highest BCUT2D eigenvalue weighted by molar-refractivity contribution is 8.15. The molecule has 35 heavy (non-hydrogen) atoms. The summed E-state index contributed by atoms with van der Waals surface area (Å²) in [5.41, 5.74) is 6.35. The van der Waals surface area contributed by atoms with Crippen molar-refractivity contribution in [3.8, 4) is 17.2 Å². The monoisotopic (exact) mass is 522 g/mol. The molecule has 186 valence electrons. The number of aromatic amines is 1. The van der Waals surface area contributed by atoms with Gasteiger partial charge in [-0.3, -0.25) is 9.79 Å². The van der Waals surface area contributed by atoms with E-state index in [2.05, 4.69) is 15.0 Å². The Balaban J connectivity index is 1.68. The number of nitrogens with two attached hydrogens (primary N) is 1. The van der Waals surface area contributed by atoms with Gasteiger partial charge in [0.15, 0.2) is 26.4 Å². The number of pyridine rings is 1. The zero-order chi connectivity index (χ0) is 25.2. The van der Waals surface area contributed by atoms with E-state index in [1.807, 2.05) is 0 Å². The fourth-order valence-corrected chi connectivity index (χ4v) is 5.08. The van der Waals surface area contributed by atoms with Crippen LogP contribution in [0.4, 0.5) is 4.39 Å². The third-order valence-corrected chi connectivity index (χ3v) is 7.23. The normalized spacial score (nSPS) is 15.9. The zero-order valence-electron chi connectivity index (χ0n) is 18.9. The molecule has 2 aromatic heterocycles. The van der Waals surface area contributed by atoms with Crippen LogP contribution < -0.4 is 15.2 Å². The van der Waals surface area contributed by atoms with Crippen molar-refractivity contribution >= 4 is 43.5 Å². The summed E-state index contributed by atoms with van der Waals surface area (Å²) >= 11 is 1.42. The highest BCUT2D eigenvalue weighted by atomic mass is 32.2. The van der Waals surface area contributed by atoms with E-state index in [0.29, 0.717) is 28.2 Å². The first-order valence-corrected chi connectivity index (χ1v) is 13.2. The number of aromatic nitrogens is 2. The predicted molar refractivity (Wildman–Crippen MR) is 130 cm³/mol. The van der Waals surface area contributed by atoms with Gasteiger partial charge in [-0.25, -0.2) is 13.4 Å². The first kappa shape index (κ1) is 24.9. The maximum absolute atomic E-state index is 15.5. The van der Waals surface area contributed by atoms with Gasteiger partial charge in [-0.15, -0.1) is 0 Å². The lowest BCUT2D eigenvalue weighted by Gasteiger charge is -2.12. The van der Waals surface area contributed by atoms with Gasteiger partial charge < -0.3 is 24.9 Å². The van der Waals surface area contributed by atoms with Gasteiger partial charge in [0.1, 0.15) is 17.4 Å². The molecule has 3 heterocycles. The molecule has 0 saturated heterocycles. The van der Waals surface area contributed by atoms with Crippen molar-refractivity contribution in [2.45, 2.75) is 16.7 Å².